The van der Waals surface area contributed by atoms with Crippen LogP contribution in [0.3, 0.4) is 0 Å². The van der Waals surface area contributed by atoms with Gasteiger partial charge in [0.05, 0.1) is 11.2 Å². The molecule has 3 atom stereocenters. The Morgan fingerprint density at radius 1 is 1.10 bits per heavy atom. The average Bonchev–Trinajstić information content (AvgIpc) is 3.13. The quantitative estimate of drug-likeness (QED) is 0.832. The molecule has 4 rings (SSSR count). The second kappa shape index (κ2) is 6.96. The van der Waals surface area contributed by atoms with E-state index in [9.17, 15) is 9.59 Å². The molecule has 1 saturated heterocycles. The number of fused-ring (bicyclic) bond motifs is 2. The molecule has 0 bridgehead atoms. The zero-order chi connectivity index (χ0) is 21.8. The zero-order valence-corrected chi connectivity index (χ0v) is 18.7. The van der Waals surface area contributed by atoms with Crippen LogP contribution in [0.15, 0.2) is 30.3 Å². The Morgan fingerprint density at radius 3 is 2.37 bits per heavy atom. The van der Waals surface area contributed by atoms with Crippen LogP contribution in [0.4, 0.5) is 4.79 Å². The van der Waals surface area contributed by atoms with Gasteiger partial charge in [0.1, 0.15) is 5.60 Å². The molecule has 0 unspecified atom stereocenters. The van der Waals surface area contributed by atoms with E-state index in [1.54, 1.807) is 4.90 Å². The maximum Gasteiger partial charge on any atom is 0.410 e. The number of pyridine rings is 1. The minimum Gasteiger partial charge on any atom is -0.444 e. The minimum atomic E-state index is -0.593. The standard InChI is InChI=1S/C24H31N3O3/c1-14-11-15-9-7-8-10-16(15)20(25-14)24(5,6)26-21(28)19-17-12-27(13-18(17)19)22(29)30-23(2,3)4/h7-11,17-19H,12-13H2,1-6H3,(H,26,28)/t17-,18+,19+. The van der Waals surface area contributed by atoms with E-state index in [1.807, 2.05) is 53.7 Å². The topological polar surface area (TPSA) is 71.5 Å². The van der Waals surface area contributed by atoms with Crippen LogP contribution in [-0.4, -0.2) is 40.6 Å². The molecule has 6 nitrogen and oxygen atoms in total. The molecule has 1 aliphatic heterocycles. The SMILES string of the molecule is Cc1cc2ccccc2c(C(C)(C)NC(=O)[C@H]2[C@@H]3CN(C(=O)OC(C)(C)C)C[C@@H]32)n1. The first kappa shape index (κ1) is 20.6. The highest BCUT2D eigenvalue weighted by atomic mass is 16.6. The van der Waals surface area contributed by atoms with E-state index in [2.05, 4.69) is 23.5 Å². The molecule has 160 valence electrons. The molecular weight excluding hydrogens is 378 g/mol. The Labute approximate surface area is 178 Å². The maximum absolute atomic E-state index is 13.1. The first-order valence-electron chi connectivity index (χ1n) is 10.6. The van der Waals surface area contributed by atoms with Crippen LogP contribution in [0.5, 0.6) is 0 Å². The van der Waals surface area contributed by atoms with E-state index < -0.39 is 11.1 Å². The normalized spacial score (nSPS) is 23.3. The molecular formula is C24H31N3O3. The summed E-state index contributed by atoms with van der Waals surface area (Å²) < 4.78 is 5.45. The third-order valence-corrected chi connectivity index (χ3v) is 6.04. The first-order valence-corrected chi connectivity index (χ1v) is 10.6. The fourth-order valence-corrected chi connectivity index (χ4v) is 4.65. The summed E-state index contributed by atoms with van der Waals surface area (Å²) in [5.41, 5.74) is 0.716. The number of piperidine rings is 1. The van der Waals surface area contributed by atoms with E-state index in [0.717, 1.165) is 22.2 Å². The predicted octanol–water partition coefficient (Wildman–Crippen LogP) is 4.01. The number of hydrogen-bond donors (Lipinski definition) is 1. The molecule has 0 spiro atoms. The monoisotopic (exact) mass is 409 g/mol. The highest BCUT2D eigenvalue weighted by Gasteiger charge is 2.61. The van der Waals surface area contributed by atoms with Gasteiger partial charge in [-0.25, -0.2) is 4.79 Å². The molecule has 30 heavy (non-hydrogen) atoms. The van der Waals surface area contributed by atoms with Crippen molar-refractivity contribution in [3.63, 3.8) is 0 Å². The van der Waals surface area contributed by atoms with Crippen molar-refractivity contribution in [3.05, 3.63) is 41.7 Å². The van der Waals surface area contributed by atoms with Gasteiger partial charge in [0.2, 0.25) is 5.91 Å². The number of aromatic nitrogens is 1. The van der Waals surface area contributed by atoms with Gasteiger partial charge in [0, 0.05) is 30.1 Å². The predicted molar refractivity (Wildman–Crippen MR) is 116 cm³/mol. The van der Waals surface area contributed by atoms with E-state index in [4.69, 9.17) is 9.72 Å². The number of nitrogens with one attached hydrogen (secondary N) is 1. The number of carbonyl (C=O) groups is 2. The largest absolute Gasteiger partial charge is 0.444 e. The van der Waals surface area contributed by atoms with Crippen LogP contribution in [0.25, 0.3) is 10.8 Å². The van der Waals surface area contributed by atoms with Crippen molar-refractivity contribution in [3.8, 4) is 0 Å². The smallest absolute Gasteiger partial charge is 0.410 e. The van der Waals surface area contributed by atoms with Gasteiger partial charge in [-0.1, -0.05) is 24.3 Å². The Morgan fingerprint density at radius 2 is 1.73 bits per heavy atom. The number of benzene rings is 1. The lowest BCUT2D eigenvalue weighted by molar-refractivity contribution is -0.125. The lowest BCUT2D eigenvalue weighted by atomic mass is 9.93. The van der Waals surface area contributed by atoms with Crippen LogP contribution >= 0.6 is 0 Å². The van der Waals surface area contributed by atoms with E-state index >= 15 is 0 Å². The number of ether oxygens (including phenoxy) is 1. The highest BCUT2D eigenvalue weighted by molar-refractivity contribution is 5.88. The lowest BCUT2D eigenvalue weighted by Gasteiger charge is -2.29. The molecule has 2 heterocycles. The van der Waals surface area contributed by atoms with Gasteiger partial charge in [-0.3, -0.25) is 9.78 Å². The maximum atomic E-state index is 13.1. The summed E-state index contributed by atoms with van der Waals surface area (Å²) in [6.07, 6.45) is -0.287. The number of amides is 2. The summed E-state index contributed by atoms with van der Waals surface area (Å²) in [6, 6.07) is 10.2. The Bertz CT molecular complexity index is 996. The van der Waals surface area contributed by atoms with Crippen molar-refractivity contribution in [2.75, 3.05) is 13.1 Å². The van der Waals surface area contributed by atoms with Gasteiger partial charge >= 0.3 is 6.09 Å². The van der Waals surface area contributed by atoms with Crippen molar-refractivity contribution in [1.29, 1.82) is 0 Å². The van der Waals surface area contributed by atoms with Gasteiger partial charge < -0.3 is 15.0 Å². The van der Waals surface area contributed by atoms with Crippen LogP contribution < -0.4 is 5.32 Å². The fraction of sp³-hybridized carbons (Fsp3) is 0.542. The summed E-state index contributed by atoms with van der Waals surface area (Å²) in [5, 5.41) is 5.41. The van der Waals surface area contributed by atoms with Crippen LogP contribution in [-0.2, 0) is 15.1 Å². The molecule has 1 N–H and O–H groups in total. The molecule has 0 radical (unpaired) electrons. The van der Waals surface area contributed by atoms with Crippen molar-refractivity contribution >= 4 is 22.8 Å². The molecule has 1 aliphatic carbocycles. The molecule has 1 aromatic heterocycles. The molecule has 1 saturated carbocycles. The van der Waals surface area contributed by atoms with Crippen LogP contribution in [0.1, 0.15) is 46.0 Å². The second-order valence-corrected chi connectivity index (χ2v) is 10.2. The Hall–Kier alpha value is -2.63. The van der Waals surface area contributed by atoms with Crippen LogP contribution in [0, 0.1) is 24.7 Å². The van der Waals surface area contributed by atoms with Gasteiger partial charge in [-0.15, -0.1) is 0 Å². The summed E-state index contributed by atoms with van der Waals surface area (Å²) in [6.45, 7) is 12.8. The number of aryl methyl sites for hydroxylation is 1. The highest BCUT2D eigenvalue weighted by Crippen LogP contribution is 2.52. The van der Waals surface area contributed by atoms with E-state index in [0.29, 0.717) is 13.1 Å². The molecule has 6 heteroatoms. The summed E-state index contributed by atoms with van der Waals surface area (Å²) in [7, 11) is 0. The Kier molecular flexibility index (Phi) is 4.79. The van der Waals surface area contributed by atoms with E-state index in [-0.39, 0.29) is 29.8 Å². The number of carbonyl (C=O) groups excluding carboxylic acids is 2. The summed E-state index contributed by atoms with van der Waals surface area (Å²) in [4.78, 5) is 31.8. The minimum absolute atomic E-state index is 0.0426. The van der Waals surface area contributed by atoms with Gasteiger partial charge in [0.25, 0.3) is 0 Å². The second-order valence-electron chi connectivity index (χ2n) is 10.2. The van der Waals surface area contributed by atoms with Crippen molar-refractivity contribution in [2.24, 2.45) is 17.8 Å². The molecule has 1 aromatic carbocycles. The van der Waals surface area contributed by atoms with Crippen molar-refractivity contribution < 1.29 is 14.3 Å². The van der Waals surface area contributed by atoms with Gasteiger partial charge in [-0.2, -0.15) is 0 Å². The number of likely N-dealkylation sites (tertiary alicyclic amines) is 1. The van der Waals surface area contributed by atoms with Crippen molar-refractivity contribution in [1.82, 2.24) is 15.2 Å². The third kappa shape index (κ3) is 3.87. The van der Waals surface area contributed by atoms with Gasteiger partial charge in [0.15, 0.2) is 0 Å². The number of hydrogen-bond acceptors (Lipinski definition) is 4. The zero-order valence-electron chi connectivity index (χ0n) is 18.7. The Balaban J connectivity index is 1.43. The first-order chi connectivity index (χ1) is 14.0. The number of nitrogens with zero attached hydrogens (tertiary/aromatic N) is 2. The average molecular weight is 410 g/mol. The molecule has 2 fully saturated rings. The van der Waals surface area contributed by atoms with E-state index in [1.165, 1.54) is 0 Å². The summed E-state index contributed by atoms with van der Waals surface area (Å²) >= 11 is 0. The molecule has 2 amide bonds. The molecule has 2 aromatic rings. The lowest BCUT2D eigenvalue weighted by Crippen LogP contribution is -2.44. The summed E-state index contributed by atoms with van der Waals surface area (Å²) in [5.74, 6) is 0.441. The molecule has 2 aliphatic rings. The van der Waals surface area contributed by atoms with Crippen molar-refractivity contribution in [2.45, 2.75) is 52.7 Å². The fourth-order valence-electron chi connectivity index (χ4n) is 4.65. The number of rotatable bonds is 3. The van der Waals surface area contributed by atoms with Gasteiger partial charge in [-0.05, 0) is 64.8 Å². The third-order valence-electron chi connectivity index (χ3n) is 6.04. The van der Waals surface area contributed by atoms with Crippen LogP contribution in [0.2, 0.25) is 0 Å².